The Balaban J connectivity index is 1.52. The van der Waals surface area contributed by atoms with Crippen LogP contribution < -0.4 is 4.74 Å². The molecule has 3 aromatic rings. The third kappa shape index (κ3) is 3.78. The molecule has 1 aliphatic rings. The minimum absolute atomic E-state index is 0.272. The van der Waals surface area contributed by atoms with Gasteiger partial charge in [0, 0.05) is 44.3 Å². The summed E-state index contributed by atoms with van der Waals surface area (Å²) < 4.78 is 33.3. The van der Waals surface area contributed by atoms with Gasteiger partial charge in [-0.1, -0.05) is 24.3 Å². The number of ether oxygens (including phenoxy) is 1. The lowest BCUT2D eigenvalue weighted by Crippen LogP contribution is -2.45. The van der Waals surface area contributed by atoms with E-state index in [2.05, 4.69) is 16.8 Å². The first-order valence-corrected chi connectivity index (χ1v) is 10.9. The van der Waals surface area contributed by atoms with Gasteiger partial charge < -0.3 is 9.64 Å². The second-order valence-corrected chi connectivity index (χ2v) is 8.93. The van der Waals surface area contributed by atoms with Gasteiger partial charge in [-0.2, -0.15) is 0 Å². The summed E-state index contributed by atoms with van der Waals surface area (Å²) >= 11 is 0. The van der Waals surface area contributed by atoms with Crippen LogP contribution in [0.1, 0.15) is 0 Å². The van der Waals surface area contributed by atoms with Crippen LogP contribution in [0.4, 0.5) is 0 Å². The number of likely N-dealkylation sites (N-methyl/N-ethyl adjacent to an activating group) is 1. The highest BCUT2D eigenvalue weighted by Crippen LogP contribution is 2.29. The van der Waals surface area contributed by atoms with Crippen molar-refractivity contribution in [3.8, 4) is 5.75 Å². The lowest BCUT2D eigenvalue weighted by Gasteiger charge is -2.32. The smallest absolute Gasteiger partial charge is 0.268 e. The van der Waals surface area contributed by atoms with Crippen LogP contribution in [0.3, 0.4) is 0 Å². The van der Waals surface area contributed by atoms with Crippen LogP contribution in [-0.4, -0.2) is 68.6 Å². The Morgan fingerprint density at radius 1 is 0.929 bits per heavy atom. The number of piperazine rings is 1. The molecule has 1 saturated heterocycles. The number of hydrogen-bond acceptors (Lipinski definition) is 5. The van der Waals surface area contributed by atoms with Crippen molar-refractivity contribution in [1.29, 1.82) is 0 Å². The number of aromatic nitrogens is 1. The molecule has 2 aromatic carbocycles. The van der Waals surface area contributed by atoms with Crippen molar-refractivity contribution < 1.29 is 13.2 Å². The molecule has 0 unspecified atom stereocenters. The molecule has 0 spiro atoms. The van der Waals surface area contributed by atoms with E-state index in [9.17, 15) is 8.42 Å². The fourth-order valence-electron chi connectivity index (χ4n) is 3.51. The quantitative estimate of drug-likeness (QED) is 0.638. The number of benzene rings is 2. The Morgan fingerprint density at radius 2 is 1.68 bits per heavy atom. The maximum Gasteiger partial charge on any atom is 0.268 e. The zero-order valence-corrected chi connectivity index (χ0v) is 16.8. The Morgan fingerprint density at radius 3 is 2.43 bits per heavy atom. The van der Waals surface area contributed by atoms with E-state index < -0.39 is 10.0 Å². The summed E-state index contributed by atoms with van der Waals surface area (Å²) in [6.45, 7) is 5.71. The largest absolute Gasteiger partial charge is 0.492 e. The molecule has 0 N–H and O–H groups in total. The lowest BCUT2D eigenvalue weighted by molar-refractivity contribution is 0.134. The summed E-state index contributed by atoms with van der Waals surface area (Å²) in [5.74, 6) is 0.716. The van der Waals surface area contributed by atoms with E-state index >= 15 is 0 Å². The van der Waals surface area contributed by atoms with Crippen molar-refractivity contribution in [3.63, 3.8) is 0 Å². The molecule has 0 radical (unpaired) electrons. The Bertz CT molecular complexity index is 1040. The first kappa shape index (κ1) is 19.0. The van der Waals surface area contributed by atoms with Crippen molar-refractivity contribution in [2.75, 3.05) is 46.4 Å². The zero-order valence-electron chi connectivity index (χ0n) is 16.0. The van der Waals surface area contributed by atoms with Crippen LogP contribution in [-0.2, 0) is 10.0 Å². The molecule has 0 bridgehead atoms. The number of fused-ring (bicyclic) bond motifs is 1. The number of nitrogens with zero attached hydrogens (tertiary/aromatic N) is 3. The van der Waals surface area contributed by atoms with Crippen LogP contribution >= 0.6 is 0 Å². The molecular formula is C21H25N3O3S. The molecule has 0 amide bonds. The molecule has 148 valence electrons. The highest BCUT2D eigenvalue weighted by Gasteiger charge is 2.20. The van der Waals surface area contributed by atoms with Gasteiger partial charge in [-0.05, 0) is 37.4 Å². The minimum Gasteiger partial charge on any atom is -0.492 e. The molecule has 0 saturated carbocycles. The summed E-state index contributed by atoms with van der Waals surface area (Å²) in [5, 5.41) is 0.806. The van der Waals surface area contributed by atoms with Crippen molar-refractivity contribution in [2.45, 2.75) is 4.90 Å². The van der Waals surface area contributed by atoms with E-state index in [1.54, 1.807) is 42.6 Å². The summed E-state index contributed by atoms with van der Waals surface area (Å²) in [6, 6.07) is 15.8. The predicted octanol–water partition coefficient (Wildman–Crippen LogP) is 2.50. The van der Waals surface area contributed by atoms with Crippen LogP contribution in [0.5, 0.6) is 5.75 Å². The summed E-state index contributed by atoms with van der Waals surface area (Å²) in [6.07, 6.45) is 1.60. The van der Waals surface area contributed by atoms with Crippen LogP contribution in [0, 0.1) is 0 Å². The van der Waals surface area contributed by atoms with Gasteiger partial charge in [0.1, 0.15) is 12.4 Å². The average Bonchev–Trinajstić information content (AvgIpc) is 3.16. The van der Waals surface area contributed by atoms with Crippen molar-refractivity contribution in [2.24, 2.45) is 0 Å². The summed E-state index contributed by atoms with van der Waals surface area (Å²) in [5.41, 5.74) is 0.626. The summed E-state index contributed by atoms with van der Waals surface area (Å²) in [7, 11) is -1.49. The topological polar surface area (TPSA) is 54.8 Å². The van der Waals surface area contributed by atoms with Gasteiger partial charge in [0.05, 0.1) is 10.4 Å². The van der Waals surface area contributed by atoms with Crippen LogP contribution in [0.15, 0.2) is 65.7 Å². The molecule has 4 rings (SSSR count). The fraction of sp³-hybridized carbons (Fsp3) is 0.333. The second kappa shape index (κ2) is 7.95. The van der Waals surface area contributed by atoms with Gasteiger partial charge in [-0.15, -0.1) is 0 Å². The van der Waals surface area contributed by atoms with E-state index in [-0.39, 0.29) is 4.90 Å². The molecular weight excluding hydrogens is 374 g/mol. The van der Waals surface area contributed by atoms with E-state index in [1.165, 1.54) is 3.97 Å². The van der Waals surface area contributed by atoms with Gasteiger partial charge in [-0.25, -0.2) is 12.4 Å². The first-order chi connectivity index (χ1) is 13.6. The zero-order chi connectivity index (χ0) is 19.6. The summed E-state index contributed by atoms with van der Waals surface area (Å²) in [4.78, 5) is 4.99. The molecule has 7 heteroatoms. The molecule has 0 atom stereocenters. The second-order valence-electron chi connectivity index (χ2n) is 7.11. The van der Waals surface area contributed by atoms with Crippen LogP contribution in [0.25, 0.3) is 10.9 Å². The van der Waals surface area contributed by atoms with Gasteiger partial charge >= 0.3 is 0 Å². The molecule has 1 aromatic heterocycles. The highest BCUT2D eigenvalue weighted by molar-refractivity contribution is 7.90. The molecule has 6 nitrogen and oxygen atoms in total. The van der Waals surface area contributed by atoms with Crippen molar-refractivity contribution in [1.82, 2.24) is 13.8 Å². The SMILES string of the molecule is CN1CCN(CCOc2cccc3c2ccn3S(=O)(=O)c2ccccc2)CC1. The van der Waals surface area contributed by atoms with Crippen molar-refractivity contribution in [3.05, 3.63) is 60.8 Å². The fourth-order valence-corrected chi connectivity index (χ4v) is 4.88. The monoisotopic (exact) mass is 399 g/mol. The number of hydrogen-bond donors (Lipinski definition) is 0. The van der Waals surface area contributed by atoms with Crippen LogP contribution in [0.2, 0.25) is 0 Å². The Labute approximate surface area is 166 Å². The van der Waals surface area contributed by atoms with E-state index in [4.69, 9.17) is 4.74 Å². The van der Waals surface area contributed by atoms with Gasteiger partial charge in [-0.3, -0.25) is 4.90 Å². The maximum absolute atomic E-state index is 13.0. The minimum atomic E-state index is -3.63. The standard InChI is InChI=1S/C21H25N3O3S/c1-22-12-14-23(15-13-22)16-17-27-21-9-5-8-20-19(21)10-11-24(20)28(25,26)18-6-3-2-4-7-18/h2-11H,12-17H2,1H3. The maximum atomic E-state index is 13.0. The van der Waals surface area contributed by atoms with E-state index in [0.29, 0.717) is 17.9 Å². The van der Waals surface area contributed by atoms with Crippen molar-refractivity contribution >= 4 is 20.9 Å². The van der Waals surface area contributed by atoms with E-state index in [1.807, 2.05) is 18.2 Å². The highest BCUT2D eigenvalue weighted by atomic mass is 32.2. The third-order valence-electron chi connectivity index (χ3n) is 5.22. The molecule has 0 aliphatic carbocycles. The van der Waals surface area contributed by atoms with Gasteiger partial charge in [0.2, 0.25) is 0 Å². The molecule has 28 heavy (non-hydrogen) atoms. The number of rotatable bonds is 6. The Kier molecular flexibility index (Phi) is 5.39. The average molecular weight is 400 g/mol. The third-order valence-corrected chi connectivity index (χ3v) is 6.92. The lowest BCUT2D eigenvalue weighted by atomic mass is 10.2. The van der Waals surface area contributed by atoms with E-state index in [0.717, 1.165) is 38.1 Å². The molecule has 2 heterocycles. The molecule has 1 aliphatic heterocycles. The Hall–Kier alpha value is -2.35. The molecule has 1 fully saturated rings. The first-order valence-electron chi connectivity index (χ1n) is 9.50. The normalized spacial score (nSPS) is 16.5. The predicted molar refractivity (Wildman–Crippen MR) is 110 cm³/mol. The van der Waals surface area contributed by atoms with Gasteiger partial charge in [0.25, 0.3) is 10.0 Å². The van der Waals surface area contributed by atoms with Gasteiger partial charge in [0.15, 0.2) is 0 Å².